The van der Waals surface area contributed by atoms with E-state index >= 15 is 0 Å². The molecular weight excluding hydrogens is 306 g/mol. The van der Waals surface area contributed by atoms with Crippen LogP contribution in [0.2, 0.25) is 0 Å². The predicted octanol–water partition coefficient (Wildman–Crippen LogP) is 1.32. The molecule has 1 aromatic rings. The van der Waals surface area contributed by atoms with E-state index in [1.165, 1.54) is 0 Å². The van der Waals surface area contributed by atoms with Crippen LogP contribution in [0.1, 0.15) is 36.0 Å². The fraction of sp³-hybridized carbons (Fsp3) is 0.611. The van der Waals surface area contributed by atoms with Gasteiger partial charge < -0.3 is 14.5 Å². The Kier molecular flexibility index (Phi) is 4.22. The van der Waals surface area contributed by atoms with Crippen LogP contribution in [0.3, 0.4) is 0 Å². The summed E-state index contributed by atoms with van der Waals surface area (Å²) in [4.78, 5) is 33.6. The number of hydrogen-bond acceptors (Lipinski definition) is 4. The first-order valence-electron chi connectivity index (χ1n) is 8.85. The number of fused-ring (bicyclic) bond motifs is 1. The Hall–Kier alpha value is -1.95. The maximum Gasteiger partial charge on any atom is 0.254 e. The van der Waals surface area contributed by atoms with E-state index in [1.54, 1.807) is 24.5 Å². The Morgan fingerprint density at radius 2 is 1.92 bits per heavy atom. The molecule has 6 heteroatoms. The Morgan fingerprint density at radius 1 is 1.17 bits per heavy atom. The lowest BCUT2D eigenvalue weighted by Gasteiger charge is -2.41. The molecule has 0 unspecified atom stereocenters. The summed E-state index contributed by atoms with van der Waals surface area (Å²) < 4.78 is 5.84. The Labute approximate surface area is 141 Å². The molecule has 0 aromatic carbocycles. The van der Waals surface area contributed by atoms with Crippen molar-refractivity contribution in [3.8, 4) is 0 Å². The zero-order valence-corrected chi connectivity index (χ0v) is 13.8. The number of ether oxygens (including phenoxy) is 1. The lowest BCUT2D eigenvalue weighted by Crippen LogP contribution is -2.55. The molecule has 2 amide bonds. The van der Waals surface area contributed by atoms with Gasteiger partial charge in [0.05, 0.1) is 18.1 Å². The van der Waals surface area contributed by atoms with Crippen molar-refractivity contribution in [1.82, 2.24) is 14.8 Å². The quantitative estimate of drug-likeness (QED) is 0.821. The maximum absolute atomic E-state index is 12.9. The van der Waals surface area contributed by atoms with Crippen LogP contribution in [0.5, 0.6) is 0 Å². The molecule has 3 atom stereocenters. The highest BCUT2D eigenvalue weighted by Crippen LogP contribution is 2.33. The van der Waals surface area contributed by atoms with Crippen LogP contribution in [-0.2, 0) is 9.53 Å². The Morgan fingerprint density at radius 3 is 2.67 bits per heavy atom. The van der Waals surface area contributed by atoms with Crippen molar-refractivity contribution in [3.05, 3.63) is 30.1 Å². The zero-order chi connectivity index (χ0) is 16.5. The molecule has 0 radical (unpaired) electrons. The number of nitrogens with zero attached hydrogens (tertiary/aromatic N) is 3. The van der Waals surface area contributed by atoms with Gasteiger partial charge >= 0.3 is 0 Å². The minimum absolute atomic E-state index is 0.0129. The molecule has 3 saturated heterocycles. The van der Waals surface area contributed by atoms with Gasteiger partial charge in [-0.15, -0.1) is 0 Å². The summed E-state index contributed by atoms with van der Waals surface area (Å²) in [6.07, 6.45) is 7.01. The number of rotatable bonds is 2. The highest BCUT2D eigenvalue weighted by molar-refractivity contribution is 5.95. The van der Waals surface area contributed by atoms with E-state index in [1.807, 2.05) is 9.80 Å². The number of amides is 2. The van der Waals surface area contributed by atoms with Crippen LogP contribution in [0.25, 0.3) is 0 Å². The third-order valence-electron chi connectivity index (χ3n) is 5.46. The molecule has 4 rings (SSSR count). The van der Waals surface area contributed by atoms with E-state index in [-0.39, 0.29) is 29.9 Å². The SMILES string of the molecule is O=C([C@H]1C[C@H]2OCC[C@H]2N(C(=O)c2ccncc2)C1)N1CCCC1. The molecule has 1 aromatic heterocycles. The minimum atomic E-state index is -0.145. The van der Waals surface area contributed by atoms with Gasteiger partial charge in [-0.3, -0.25) is 14.6 Å². The molecule has 4 heterocycles. The van der Waals surface area contributed by atoms with Gasteiger partial charge in [0.15, 0.2) is 0 Å². The van der Waals surface area contributed by atoms with Crippen molar-refractivity contribution in [2.75, 3.05) is 26.2 Å². The molecule has 3 aliphatic heterocycles. The first kappa shape index (κ1) is 15.6. The van der Waals surface area contributed by atoms with Gasteiger partial charge in [0.2, 0.25) is 5.91 Å². The van der Waals surface area contributed by atoms with Crippen molar-refractivity contribution < 1.29 is 14.3 Å². The number of likely N-dealkylation sites (tertiary alicyclic amines) is 2. The van der Waals surface area contributed by atoms with Gasteiger partial charge in [-0.2, -0.15) is 0 Å². The van der Waals surface area contributed by atoms with E-state index in [2.05, 4.69) is 4.98 Å². The highest BCUT2D eigenvalue weighted by atomic mass is 16.5. The van der Waals surface area contributed by atoms with Crippen molar-refractivity contribution in [3.63, 3.8) is 0 Å². The third-order valence-corrected chi connectivity index (χ3v) is 5.46. The fourth-order valence-corrected chi connectivity index (χ4v) is 4.22. The largest absolute Gasteiger partial charge is 0.376 e. The van der Waals surface area contributed by atoms with Crippen LogP contribution in [-0.4, -0.2) is 65.0 Å². The monoisotopic (exact) mass is 329 g/mol. The summed E-state index contributed by atoms with van der Waals surface area (Å²) in [5.41, 5.74) is 0.630. The van der Waals surface area contributed by atoms with E-state index in [4.69, 9.17) is 4.74 Å². The summed E-state index contributed by atoms with van der Waals surface area (Å²) >= 11 is 0. The lowest BCUT2D eigenvalue weighted by molar-refractivity contribution is -0.138. The minimum Gasteiger partial charge on any atom is -0.376 e. The van der Waals surface area contributed by atoms with Crippen LogP contribution in [0.4, 0.5) is 0 Å². The predicted molar refractivity (Wildman–Crippen MR) is 87.3 cm³/mol. The molecule has 128 valence electrons. The number of carbonyl (C=O) groups excluding carboxylic acids is 2. The molecule has 0 N–H and O–H groups in total. The number of hydrogen-bond donors (Lipinski definition) is 0. The number of carbonyl (C=O) groups is 2. The topological polar surface area (TPSA) is 62.7 Å². The number of pyridine rings is 1. The zero-order valence-electron chi connectivity index (χ0n) is 13.8. The number of piperidine rings is 1. The van der Waals surface area contributed by atoms with Gasteiger partial charge in [-0.1, -0.05) is 0 Å². The molecule has 0 aliphatic carbocycles. The maximum atomic E-state index is 12.9. The average molecular weight is 329 g/mol. The first-order valence-corrected chi connectivity index (χ1v) is 8.85. The summed E-state index contributed by atoms with van der Waals surface area (Å²) in [5, 5.41) is 0. The van der Waals surface area contributed by atoms with Crippen molar-refractivity contribution >= 4 is 11.8 Å². The summed E-state index contributed by atoms with van der Waals surface area (Å²) in [5.74, 6) is 0.0269. The summed E-state index contributed by atoms with van der Waals surface area (Å²) in [6.45, 7) is 2.87. The third kappa shape index (κ3) is 2.79. The normalized spacial score (nSPS) is 29.6. The van der Waals surface area contributed by atoms with Gasteiger partial charge in [-0.05, 0) is 37.8 Å². The molecule has 0 saturated carbocycles. The van der Waals surface area contributed by atoms with Crippen molar-refractivity contribution in [1.29, 1.82) is 0 Å². The Balaban J connectivity index is 1.55. The van der Waals surface area contributed by atoms with E-state index in [0.29, 0.717) is 18.7 Å². The highest BCUT2D eigenvalue weighted by Gasteiger charge is 2.45. The van der Waals surface area contributed by atoms with Gasteiger partial charge in [0, 0.05) is 44.2 Å². The second-order valence-corrected chi connectivity index (χ2v) is 6.92. The van der Waals surface area contributed by atoms with Gasteiger partial charge in [0.25, 0.3) is 5.91 Å². The van der Waals surface area contributed by atoms with E-state index in [9.17, 15) is 9.59 Å². The smallest absolute Gasteiger partial charge is 0.254 e. The second kappa shape index (κ2) is 6.51. The van der Waals surface area contributed by atoms with Crippen LogP contribution >= 0.6 is 0 Å². The van der Waals surface area contributed by atoms with Gasteiger partial charge in [0.1, 0.15) is 0 Å². The van der Waals surface area contributed by atoms with Crippen LogP contribution in [0, 0.1) is 5.92 Å². The molecule has 6 nitrogen and oxygen atoms in total. The molecule has 3 aliphatic rings. The van der Waals surface area contributed by atoms with Crippen LogP contribution < -0.4 is 0 Å². The standard InChI is InChI=1S/C18H23N3O3/c22-17(20-8-1-2-9-20)14-11-16-15(5-10-24-16)21(12-14)18(23)13-3-6-19-7-4-13/h3-4,6-7,14-16H,1-2,5,8-12H2/t14-,15+,16+/m0/s1. The number of aromatic nitrogens is 1. The summed E-state index contributed by atoms with van der Waals surface area (Å²) in [6, 6.07) is 3.56. The van der Waals surface area contributed by atoms with Crippen molar-refractivity contribution in [2.24, 2.45) is 5.92 Å². The van der Waals surface area contributed by atoms with Crippen molar-refractivity contribution in [2.45, 2.75) is 37.8 Å². The molecule has 0 spiro atoms. The molecule has 0 bridgehead atoms. The average Bonchev–Trinajstić information content (AvgIpc) is 3.31. The second-order valence-electron chi connectivity index (χ2n) is 6.92. The molecule has 24 heavy (non-hydrogen) atoms. The fourth-order valence-electron chi connectivity index (χ4n) is 4.22. The summed E-state index contributed by atoms with van der Waals surface area (Å²) in [7, 11) is 0. The Bertz CT molecular complexity index is 615. The van der Waals surface area contributed by atoms with E-state index in [0.717, 1.165) is 38.8 Å². The molecular formula is C18H23N3O3. The molecule has 3 fully saturated rings. The van der Waals surface area contributed by atoms with Gasteiger partial charge in [-0.25, -0.2) is 0 Å². The lowest BCUT2D eigenvalue weighted by atomic mass is 9.88. The first-order chi connectivity index (χ1) is 11.7. The van der Waals surface area contributed by atoms with E-state index < -0.39 is 0 Å². The van der Waals surface area contributed by atoms with Crippen LogP contribution in [0.15, 0.2) is 24.5 Å².